The highest BCUT2D eigenvalue weighted by atomic mass is 79.9. The Balaban J connectivity index is 2.05. The van der Waals surface area contributed by atoms with Gasteiger partial charge in [-0.1, -0.05) is 6.07 Å². The van der Waals surface area contributed by atoms with Crippen LogP contribution in [0.4, 0.5) is 5.69 Å². The number of carbonyl (C=O) groups excluding carboxylic acids is 1. The van der Waals surface area contributed by atoms with Crippen molar-refractivity contribution in [3.8, 4) is 0 Å². The molecule has 5 heteroatoms. The van der Waals surface area contributed by atoms with Crippen molar-refractivity contribution in [2.45, 2.75) is 13.0 Å². The van der Waals surface area contributed by atoms with Crippen molar-refractivity contribution in [2.75, 3.05) is 16.9 Å². The molecule has 1 amide bonds. The van der Waals surface area contributed by atoms with Gasteiger partial charge in [-0.15, -0.1) is 11.8 Å². The molecule has 0 aromatic heterocycles. The van der Waals surface area contributed by atoms with Gasteiger partial charge in [0.2, 0.25) is 5.91 Å². The lowest BCUT2D eigenvalue weighted by Gasteiger charge is -2.12. The van der Waals surface area contributed by atoms with E-state index in [0.29, 0.717) is 0 Å². The highest BCUT2D eigenvalue weighted by Gasteiger charge is 2.22. The van der Waals surface area contributed by atoms with Gasteiger partial charge in [-0.25, -0.2) is 0 Å². The molecule has 1 heterocycles. The van der Waals surface area contributed by atoms with Crippen LogP contribution in [-0.2, 0) is 4.79 Å². The number of benzene rings is 1. The summed E-state index contributed by atoms with van der Waals surface area (Å²) in [4.78, 5) is 11.8. The predicted octanol–water partition coefficient (Wildman–Crippen LogP) is 2.36. The fraction of sp³-hybridized carbons (Fsp3) is 0.364. The first-order chi connectivity index (χ1) is 7.66. The number of hydrogen-bond acceptors (Lipinski definition) is 3. The van der Waals surface area contributed by atoms with Crippen LogP contribution in [0.5, 0.6) is 0 Å². The fourth-order valence-electron chi connectivity index (χ4n) is 1.50. The van der Waals surface area contributed by atoms with Gasteiger partial charge in [0, 0.05) is 16.1 Å². The molecule has 0 saturated carbocycles. The van der Waals surface area contributed by atoms with Gasteiger partial charge >= 0.3 is 0 Å². The van der Waals surface area contributed by atoms with E-state index in [1.165, 1.54) is 5.56 Å². The van der Waals surface area contributed by atoms with E-state index in [-0.39, 0.29) is 11.9 Å². The van der Waals surface area contributed by atoms with Crippen molar-refractivity contribution in [3.05, 3.63) is 28.2 Å². The van der Waals surface area contributed by atoms with Crippen LogP contribution in [0.25, 0.3) is 0 Å². The summed E-state index contributed by atoms with van der Waals surface area (Å²) in [6, 6.07) is 5.82. The summed E-state index contributed by atoms with van der Waals surface area (Å²) in [6.45, 7) is 2.02. The number of nitrogens with one attached hydrogen (secondary N) is 2. The maximum atomic E-state index is 11.8. The standard InChI is InChI=1S/C11H13BrN2OS/c1-7-2-3-9(8(12)4-7)14-11(15)10-5-16-6-13-10/h2-4,10,13H,5-6H2,1H3,(H,14,15). The van der Waals surface area contributed by atoms with Crippen molar-refractivity contribution < 1.29 is 4.79 Å². The molecule has 0 spiro atoms. The second-order valence-electron chi connectivity index (χ2n) is 3.74. The number of aryl methyl sites for hydroxylation is 1. The average Bonchev–Trinajstić information content (AvgIpc) is 2.75. The Bertz CT molecular complexity index is 405. The van der Waals surface area contributed by atoms with E-state index in [1.54, 1.807) is 11.8 Å². The molecule has 2 rings (SSSR count). The largest absolute Gasteiger partial charge is 0.324 e. The zero-order valence-electron chi connectivity index (χ0n) is 8.92. The summed E-state index contributed by atoms with van der Waals surface area (Å²) in [5, 5.41) is 6.06. The number of halogens is 1. The predicted molar refractivity (Wildman–Crippen MR) is 71.8 cm³/mol. The average molecular weight is 301 g/mol. The maximum absolute atomic E-state index is 11.8. The van der Waals surface area contributed by atoms with Crippen LogP contribution in [-0.4, -0.2) is 23.6 Å². The molecule has 0 radical (unpaired) electrons. The Morgan fingerprint density at radius 3 is 3.06 bits per heavy atom. The molecule has 2 N–H and O–H groups in total. The van der Waals surface area contributed by atoms with Gasteiger partial charge in [-0.05, 0) is 40.5 Å². The van der Waals surface area contributed by atoms with E-state index in [9.17, 15) is 4.79 Å². The van der Waals surface area contributed by atoms with Gasteiger partial charge in [0.1, 0.15) is 0 Å². The van der Waals surface area contributed by atoms with E-state index in [1.807, 2.05) is 25.1 Å². The Hall–Kier alpha value is -0.520. The molecule has 86 valence electrons. The Kier molecular flexibility index (Phi) is 3.89. The van der Waals surface area contributed by atoms with Crippen LogP contribution in [0.15, 0.2) is 22.7 Å². The summed E-state index contributed by atoms with van der Waals surface area (Å²) in [7, 11) is 0. The van der Waals surface area contributed by atoms with Gasteiger partial charge in [0.25, 0.3) is 0 Å². The van der Waals surface area contributed by atoms with Gasteiger partial charge in [0.15, 0.2) is 0 Å². The summed E-state index contributed by atoms with van der Waals surface area (Å²) in [5.74, 6) is 1.73. The normalized spacial score (nSPS) is 19.8. The molecular formula is C11H13BrN2OS. The quantitative estimate of drug-likeness (QED) is 0.881. The number of thioether (sulfide) groups is 1. The van der Waals surface area contributed by atoms with Gasteiger partial charge in [-0.3, -0.25) is 10.1 Å². The Morgan fingerprint density at radius 1 is 1.62 bits per heavy atom. The lowest BCUT2D eigenvalue weighted by atomic mass is 10.2. The van der Waals surface area contributed by atoms with Crippen molar-refractivity contribution in [1.29, 1.82) is 0 Å². The van der Waals surface area contributed by atoms with Crippen molar-refractivity contribution in [2.24, 2.45) is 0 Å². The molecule has 1 fully saturated rings. The molecule has 0 bridgehead atoms. The molecule has 1 aliphatic heterocycles. The van der Waals surface area contributed by atoms with Crippen molar-refractivity contribution in [3.63, 3.8) is 0 Å². The first kappa shape index (κ1) is 12.0. The first-order valence-corrected chi connectivity index (χ1v) is 7.00. The van der Waals surface area contributed by atoms with Crippen LogP contribution < -0.4 is 10.6 Å². The molecule has 16 heavy (non-hydrogen) atoms. The van der Waals surface area contributed by atoms with E-state index < -0.39 is 0 Å². The van der Waals surface area contributed by atoms with Gasteiger partial charge in [0.05, 0.1) is 11.7 Å². The molecule has 1 aliphatic rings. The lowest BCUT2D eigenvalue weighted by Crippen LogP contribution is -2.37. The first-order valence-electron chi connectivity index (χ1n) is 5.05. The monoisotopic (exact) mass is 300 g/mol. The SMILES string of the molecule is Cc1ccc(NC(=O)C2CSCN2)c(Br)c1. The van der Waals surface area contributed by atoms with Crippen molar-refractivity contribution in [1.82, 2.24) is 5.32 Å². The zero-order valence-corrected chi connectivity index (χ0v) is 11.3. The van der Waals surface area contributed by atoms with E-state index in [2.05, 4.69) is 26.6 Å². The Labute approximate surface area is 108 Å². The summed E-state index contributed by atoms with van der Waals surface area (Å²) in [6.07, 6.45) is 0. The number of carbonyl (C=O) groups is 1. The molecular weight excluding hydrogens is 288 g/mol. The molecule has 1 aromatic rings. The van der Waals surface area contributed by atoms with Gasteiger partial charge in [-0.2, -0.15) is 0 Å². The Morgan fingerprint density at radius 2 is 2.44 bits per heavy atom. The van der Waals surface area contributed by atoms with Crippen molar-refractivity contribution >= 4 is 39.3 Å². The van der Waals surface area contributed by atoms with E-state index in [4.69, 9.17) is 0 Å². The van der Waals surface area contributed by atoms with E-state index >= 15 is 0 Å². The van der Waals surface area contributed by atoms with Crippen LogP contribution >= 0.6 is 27.7 Å². The molecule has 3 nitrogen and oxygen atoms in total. The minimum Gasteiger partial charge on any atom is -0.324 e. The van der Waals surface area contributed by atoms with Crippen LogP contribution in [0, 0.1) is 6.92 Å². The minimum atomic E-state index is -0.0711. The molecule has 1 atom stereocenters. The van der Waals surface area contributed by atoms with Crippen LogP contribution in [0.1, 0.15) is 5.56 Å². The molecule has 0 aliphatic carbocycles. The van der Waals surface area contributed by atoms with Gasteiger partial charge < -0.3 is 5.32 Å². The third-order valence-electron chi connectivity index (χ3n) is 2.42. The third-order valence-corrected chi connectivity index (χ3v) is 4.01. The van der Waals surface area contributed by atoms with Crippen LogP contribution in [0.3, 0.4) is 0 Å². The molecule has 1 saturated heterocycles. The summed E-state index contributed by atoms with van der Waals surface area (Å²) < 4.78 is 0.923. The number of amides is 1. The lowest BCUT2D eigenvalue weighted by molar-refractivity contribution is -0.117. The summed E-state index contributed by atoms with van der Waals surface area (Å²) >= 11 is 5.19. The fourth-order valence-corrected chi connectivity index (χ4v) is 3.04. The molecule has 1 aromatic carbocycles. The second-order valence-corrected chi connectivity index (χ2v) is 5.63. The molecule has 1 unspecified atom stereocenters. The highest BCUT2D eigenvalue weighted by Crippen LogP contribution is 2.24. The third kappa shape index (κ3) is 2.78. The maximum Gasteiger partial charge on any atom is 0.242 e. The topological polar surface area (TPSA) is 41.1 Å². The number of anilines is 1. The minimum absolute atomic E-state index is 0.0366. The highest BCUT2D eigenvalue weighted by molar-refractivity contribution is 9.10. The number of rotatable bonds is 2. The van der Waals surface area contributed by atoms with Crippen LogP contribution in [0.2, 0.25) is 0 Å². The smallest absolute Gasteiger partial charge is 0.242 e. The zero-order chi connectivity index (χ0) is 11.5. The number of hydrogen-bond donors (Lipinski definition) is 2. The van der Waals surface area contributed by atoms with E-state index in [0.717, 1.165) is 21.8 Å². The second kappa shape index (κ2) is 5.21. The summed E-state index contributed by atoms with van der Waals surface area (Å²) in [5.41, 5.74) is 1.99.